The molecule has 0 aliphatic carbocycles. The third-order valence-electron chi connectivity index (χ3n) is 3.27. The highest BCUT2D eigenvalue weighted by Crippen LogP contribution is 2.16. The average Bonchev–Trinajstić information content (AvgIpc) is 2.97. The van der Waals surface area contributed by atoms with Crippen LogP contribution in [0.3, 0.4) is 0 Å². The van der Waals surface area contributed by atoms with E-state index in [1.807, 2.05) is 47.9 Å². The zero-order valence-electron chi connectivity index (χ0n) is 12.8. The van der Waals surface area contributed by atoms with Gasteiger partial charge in [-0.3, -0.25) is 9.59 Å². The van der Waals surface area contributed by atoms with E-state index in [2.05, 4.69) is 0 Å². The fraction of sp³-hybridized carbons (Fsp3) is 0.222. The van der Waals surface area contributed by atoms with Gasteiger partial charge in [-0.2, -0.15) is 0 Å². The van der Waals surface area contributed by atoms with E-state index in [0.29, 0.717) is 17.8 Å². The molecule has 0 atom stereocenters. The lowest BCUT2D eigenvalue weighted by atomic mass is 10.2. The molecule has 1 heterocycles. The summed E-state index contributed by atoms with van der Waals surface area (Å²) in [5, 5.41) is 1.88. The zero-order chi connectivity index (χ0) is 15.9. The van der Waals surface area contributed by atoms with Crippen LogP contribution in [-0.2, 0) is 11.2 Å². The predicted octanol–water partition coefficient (Wildman–Crippen LogP) is 3.67. The SMILES string of the molecule is CC(=O)c1cc(CC(=O)N(C)C/C=C/c2ccccc2)cs1. The first kappa shape index (κ1) is 16.2. The largest absolute Gasteiger partial charge is 0.342 e. The van der Waals surface area contributed by atoms with Crippen LogP contribution < -0.4 is 0 Å². The van der Waals surface area contributed by atoms with Gasteiger partial charge in [0.05, 0.1) is 11.3 Å². The van der Waals surface area contributed by atoms with Crippen molar-refractivity contribution in [2.75, 3.05) is 13.6 Å². The molecule has 0 fully saturated rings. The number of hydrogen-bond donors (Lipinski definition) is 0. The molecule has 0 aliphatic heterocycles. The summed E-state index contributed by atoms with van der Waals surface area (Å²) in [4.78, 5) is 25.8. The Morgan fingerprint density at radius 1 is 1.23 bits per heavy atom. The molecule has 2 rings (SSSR count). The summed E-state index contributed by atoms with van der Waals surface area (Å²) >= 11 is 1.39. The van der Waals surface area contributed by atoms with Gasteiger partial charge in [-0.25, -0.2) is 0 Å². The third kappa shape index (κ3) is 4.67. The number of hydrogen-bond acceptors (Lipinski definition) is 3. The van der Waals surface area contributed by atoms with Gasteiger partial charge < -0.3 is 4.90 Å². The quantitative estimate of drug-likeness (QED) is 0.763. The normalized spacial score (nSPS) is 10.8. The number of benzene rings is 1. The van der Waals surface area contributed by atoms with Crippen molar-refractivity contribution in [3.05, 3.63) is 63.9 Å². The lowest BCUT2D eigenvalue weighted by molar-refractivity contribution is -0.128. The van der Waals surface area contributed by atoms with Gasteiger partial charge in [-0.1, -0.05) is 42.5 Å². The van der Waals surface area contributed by atoms with E-state index in [9.17, 15) is 9.59 Å². The van der Waals surface area contributed by atoms with E-state index in [1.54, 1.807) is 18.0 Å². The number of thiophene rings is 1. The summed E-state index contributed by atoms with van der Waals surface area (Å²) in [5.41, 5.74) is 2.02. The number of likely N-dealkylation sites (N-methyl/N-ethyl adjacent to an activating group) is 1. The Morgan fingerprint density at radius 2 is 1.95 bits per heavy atom. The second-order valence-corrected chi connectivity index (χ2v) is 6.05. The van der Waals surface area contributed by atoms with E-state index in [1.165, 1.54) is 18.3 Å². The Bertz CT molecular complexity index is 673. The first-order valence-electron chi connectivity index (χ1n) is 7.10. The molecule has 1 aromatic carbocycles. The van der Waals surface area contributed by atoms with E-state index < -0.39 is 0 Å². The summed E-state index contributed by atoms with van der Waals surface area (Å²) in [6.45, 7) is 2.11. The van der Waals surface area contributed by atoms with Crippen molar-refractivity contribution in [3.8, 4) is 0 Å². The van der Waals surface area contributed by atoms with Crippen LogP contribution in [0.15, 0.2) is 47.9 Å². The second kappa shape index (κ2) is 7.71. The molecule has 0 spiro atoms. The first-order valence-corrected chi connectivity index (χ1v) is 7.98. The maximum atomic E-state index is 12.1. The second-order valence-electron chi connectivity index (χ2n) is 5.14. The van der Waals surface area contributed by atoms with Crippen molar-refractivity contribution in [1.82, 2.24) is 4.90 Å². The summed E-state index contributed by atoms with van der Waals surface area (Å²) in [6, 6.07) is 11.8. The fourth-order valence-corrected chi connectivity index (χ4v) is 2.79. The minimum absolute atomic E-state index is 0.0443. The third-order valence-corrected chi connectivity index (χ3v) is 4.35. The lowest BCUT2D eigenvalue weighted by Crippen LogP contribution is -2.28. The van der Waals surface area contributed by atoms with Crippen molar-refractivity contribution >= 4 is 29.1 Å². The maximum Gasteiger partial charge on any atom is 0.227 e. The fourth-order valence-electron chi connectivity index (χ4n) is 1.98. The monoisotopic (exact) mass is 313 g/mol. The highest BCUT2D eigenvalue weighted by Gasteiger charge is 2.11. The molecule has 0 bridgehead atoms. The van der Waals surface area contributed by atoms with Crippen LogP contribution in [0, 0.1) is 0 Å². The smallest absolute Gasteiger partial charge is 0.227 e. The molecule has 1 amide bonds. The molecule has 1 aromatic heterocycles. The molecule has 0 aliphatic rings. The van der Waals surface area contributed by atoms with E-state index in [4.69, 9.17) is 0 Å². The first-order chi connectivity index (χ1) is 10.6. The van der Waals surface area contributed by atoms with E-state index in [-0.39, 0.29) is 11.7 Å². The molecular weight excluding hydrogens is 294 g/mol. The molecule has 2 aromatic rings. The Balaban J connectivity index is 1.86. The average molecular weight is 313 g/mol. The van der Waals surface area contributed by atoms with Gasteiger partial charge in [-0.15, -0.1) is 11.3 Å². The maximum absolute atomic E-state index is 12.1. The highest BCUT2D eigenvalue weighted by molar-refractivity contribution is 7.12. The number of carbonyl (C=O) groups excluding carboxylic acids is 2. The zero-order valence-corrected chi connectivity index (χ0v) is 13.6. The van der Waals surface area contributed by atoms with Crippen LogP contribution in [0.1, 0.15) is 27.7 Å². The van der Waals surface area contributed by atoms with Crippen molar-refractivity contribution < 1.29 is 9.59 Å². The molecule has 0 unspecified atom stereocenters. The molecule has 4 heteroatoms. The predicted molar refractivity (Wildman–Crippen MR) is 91.1 cm³/mol. The Morgan fingerprint density at radius 3 is 2.59 bits per heavy atom. The molecule has 0 radical (unpaired) electrons. The van der Waals surface area contributed by atoms with E-state index >= 15 is 0 Å². The molecule has 0 N–H and O–H groups in total. The number of nitrogens with zero attached hydrogens (tertiary/aromatic N) is 1. The van der Waals surface area contributed by atoms with Crippen molar-refractivity contribution in [2.24, 2.45) is 0 Å². The van der Waals surface area contributed by atoms with Crippen LogP contribution in [0.2, 0.25) is 0 Å². The summed E-state index contributed by atoms with van der Waals surface area (Å²) < 4.78 is 0. The molecule has 22 heavy (non-hydrogen) atoms. The molecule has 0 saturated carbocycles. The van der Waals surface area contributed by atoms with Gasteiger partial charge in [0.1, 0.15) is 0 Å². The van der Waals surface area contributed by atoms with E-state index in [0.717, 1.165) is 11.1 Å². The van der Waals surface area contributed by atoms with Gasteiger partial charge in [0.25, 0.3) is 0 Å². The van der Waals surface area contributed by atoms with Gasteiger partial charge >= 0.3 is 0 Å². The van der Waals surface area contributed by atoms with Crippen molar-refractivity contribution in [2.45, 2.75) is 13.3 Å². The van der Waals surface area contributed by atoms with Gasteiger partial charge in [-0.05, 0) is 29.5 Å². The number of ketones is 1. The number of carbonyl (C=O) groups is 2. The van der Waals surface area contributed by atoms with Crippen LogP contribution >= 0.6 is 11.3 Å². The lowest BCUT2D eigenvalue weighted by Gasteiger charge is -2.14. The number of rotatable bonds is 6. The Hall–Kier alpha value is -2.20. The van der Waals surface area contributed by atoms with Gasteiger partial charge in [0.15, 0.2) is 5.78 Å². The standard InChI is InChI=1S/C18H19NO2S/c1-14(20)17-11-16(13-22-17)12-18(21)19(2)10-6-9-15-7-4-3-5-8-15/h3-9,11,13H,10,12H2,1-2H3/b9-6+. The van der Waals surface area contributed by atoms with Gasteiger partial charge in [0, 0.05) is 13.6 Å². The van der Waals surface area contributed by atoms with Gasteiger partial charge in [0.2, 0.25) is 5.91 Å². The highest BCUT2D eigenvalue weighted by atomic mass is 32.1. The summed E-state index contributed by atoms with van der Waals surface area (Å²) in [5.74, 6) is 0.0912. The Kier molecular flexibility index (Phi) is 5.67. The van der Waals surface area contributed by atoms with Crippen LogP contribution in [0.5, 0.6) is 0 Å². The Labute approximate surface area is 134 Å². The van der Waals surface area contributed by atoms with Crippen LogP contribution in [0.25, 0.3) is 6.08 Å². The molecular formula is C18H19NO2S. The number of amides is 1. The molecule has 3 nitrogen and oxygen atoms in total. The number of Topliss-reactive ketones (excluding diaryl/α,β-unsaturated/α-hetero) is 1. The topological polar surface area (TPSA) is 37.4 Å². The summed E-state index contributed by atoms with van der Waals surface area (Å²) in [7, 11) is 1.79. The minimum Gasteiger partial charge on any atom is -0.342 e. The van der Waals surface area contributed by atoms with Crippen LogP contribution in [0.4, 0.5) is 0 Å². The van der Waals surface area contributed by atoms with Crippen molar-refractivity contribution in [3.63, 3.8) is 0 Å². The molecule has 114 valence electrons. The molecule has 0 saturated heterocycles. The van der Waals surface area contributed by atoms with Crippen molar-refractivity contribution in [1.29, 1.82) is 0 Å². The van der Waals surface area contributed by atoms with Crippen LogP contribution in [-0.4, -0.2) is 30.2 Å². The minimum atomic E-state index is 0.0443. The summed E-state index contributed by atoms with van der Waals surface area (Å²) in [6.07, 6.45) is 4.31.